The summed E-state index contributed by atoms with van der Waals surface area (Å²) in [6.07, 6.45) is 0. The molecule has 9 heteroatoms. The lowest BCUT2D eigenvalue weighted by atomic mass is 10.2. The normalized spacial score (nSPS) is 11.2. The fourth-order valence-electron chi connectivity index (χ4n) is 1.77. The number of hydrogen-bond acceptors (Lipinski definition) is 5. The van der Waals surface area contributed by atoms with Crippen LogP contribution < -0.4 is 4.18 Å². The van der Waals surface area contributed by atoms with Crippen molar-refractivity contribution in [2.45, 2.75) is 11.8 Å². The largest absolute Gasteiger partial charge is 0.379 e. The Labute approximate surface area is 124 Å². The standard InChI is InChI=1S/C13H9F2NO5S/c1-8-12(16(17)18)3-2-4-13(8)22(19,20)21-9-5-6-10(14)11(15)7-9/h2-7H,1H3. The van der Waals surface area contributed by atoms with Gasteiger partial charge in [0.15, 0.2) is 11.6 Å². The quantitative estimate of drug-likeness (QED) is 0.489. The zero-order chi connectivity index (χ0) is 16.5. The Kier molecular flexibility index (Phi) is 4.09. The SMILES string of the molecule is Cc1c([N+](=O)[O-])cccc1S(=O)(=O)Oc1ccc(F)c(F)c1. The second-order valence-electron chi connectivity index (χ2n) is 4.27. The van der Waals surface area contributed by atoms with Crippen molar-refractivity contribution in [1.82, 2.24) is 0 Å². The van der Waals surface area contributed by atoms with Crippen LogP contribution in [0.4, 0.5) is 14.5 Å². The van der Waals surface area contributed by atoms with Crippen LogP contribution in [0.2, 0.25) is 0 Å². The van der Waals surface area contributed by atoms with Crippen LogP contribution in [0, 0.1) is 28.7 Å². The van der Waals surface area contributed by atoms with Gasteiger partial charge in [-0.2, -0.15) is 8.42 Å². The van der Waals surface area contributed by atoms with Crippen molar-refractivity contribution < 1.29 is 26.3 Å². The summed E-state index contributed by atoms with van der Waals surface area (Å²) in [5, 5.41) is 10.8. The fraction of sp³-hybridized carbons (Fsp3) is 0.0769. The maximum atomic E-state index is 13.1. The van der Waals surface area contributed by atoms with Crippen molar-refractivity contribution >= 4 is 15.8 Å². The van der Waals surface area contributed by atoms with E-state index >= 15 is 0 Å². The number of rotatable bonds is 4. The number of halogens is 2. The van der Waals surface area contributed by atoms with Gasteiger partial charge < -0.3 is 4.18 Å². The van der Waals surface area contributed by atoms with Crippen LogP contribution in [-0.2, 0) is 10.1 Å². The lowest BCUT2D eigenvalue weighted by Gasteiger charge is -2.09. The van der Waals surface area contributed by atoms with Crippen LogP contribution >= 0.6 is 0 Å². The van der Waals surface area contributed by atoms with Gasteiger partial charge in [-0.1, -0.05) is 6.07 Å². The number of nitro groups is 1. The van der Waals surface area contributed by atoms with Crippen molar-refractivity contribution in [2.75, 3.05) is 0 Å². The van der Waals surface area contributed by atoms with Crippen LogP contribution in [0.3, 0.4) is 0 Å². The van der Waals surface area contributed by atoms with Crippen LogP contribution in [-0.4, -0.2) is 13.3 Å². The molecule has 0 spiro atoms. The van der Waals surface area contributed by atoms with Crippen molar-refractivity contribution in [3.8, 4) is 5.75 Å². The third kappa shape index (κ3) is 3.03. The van der Waals surface area contributed by atoms with E-state index in [1.54, 1.807) is 0 Å². The molecule has 2 aromatic rings. The first-order chi connectivity index (χ1) is 10.2. The lowest BCUT2D eigenvalue weighted by molar-refractivity contribution is -0.385. The van der Waals surface area contributed by atoms with E-state index in [4.69, 9.17) is 0 Å². The molecule has 0 heterocycles. The van der Waals surface area contributed by atoms with E-state index in [9.17, 15) is 27.3 Å². The highest BCUT2D eigenvalue weighted by molar-refractivity contribution is 7.87. The molecule has 0 bridgehead atoms. The lowest BCUT2D eigenvalue weighted by Crippen LogP contribution is -2.12. The summed E-state index contributed by atoms with van der Waals surface area (Å²) in [5.74, 6) is -2.87. The third-order valence-electron chi connectivity index (χ3n) is 2.82. The van der Waals surface area contributed by atoms with Crippen LogP contribution in [0.1, 0.15) is 5.56 Å². The van der Waals surface area contributed by atoms with Gasteiger partial charge in [0.2, 0.25) is 0 Å². The van der Waals surface area contributed by atoms with Gasteiger partial charge in [-0.05, 0) is 25.1 Å². The third-order valence-corrected chi connectivity index (χ3v) is 4.21. The second kappa shape index (κ2) is 5.68. The van der Waals surface area contributed by atoms with Gasteiger partial charge in [0.1, 0.15) is 10.6 Å². The molecule has 2 aromatic carbocycles. The average Bonchev–Trinajstić information content (AvgIpc) is 2.42. The van der Waals surface area contributed by atoms with Gasteiger partial charge in [0.05, 0.1) is 4.92 Å². The molecule has 0 saturated carbocycles. The van der Waals surface area contributed by atoms with Gasteiger partial charge >= 0.3 is 10.1 Å². The van der Waals surface area contributed by atoms with Crippen molar-refractivity contribution in [1.29, 1.82) is 0 Å². The Morgan fingerprint density at radius 3 is 2.41 bits per heavy atom. The molecular weight excluding hydrogens is 320 g/mol. The molecule has 116 valence electrons. The van der Waals surface area contributed by atoms with E-state index < -0.39 is 43.0 Å². The molecule has 0 radical (unpaired) electrons. The molecule has 0 saturated heterocycles. The Bertz CT molecular complexity index is 852. The summed E-state index contributed by atoms with van der Waals surface area (Å²) >= 11 is 0. The Hall–Kier alpha value is -2.55. The monoisotopic (exact) mass is 329 g/mol. The number of nitro benzene ring substituents is 1. The minimum atomic E-state index is -4.42. The first-order valence-electron chi connectivity index (χ1n) is 5.86. The first-order valence-corrected chi connectivity index (χ1v) is 7.27. The first kappa shape index (κ1) is 15.8. The summed E-state index contributed by atoms with van der Waals surface area (Å²) < 4.78 is 54.8. The highest BCUT2D eigenvalue weighted by atomic mass is 32.2. The average molecular weight is 329 g/mol. The van der Waals surface area contributed by atoms with E-state index in [0.29, 0.717) is 12.1 Å². The molecule has 0 aromatic heterocycles. The number of hydrogen-bond donors (Lipinski definition) is 0. The molecule has 0 aliphatic carbocycles. The molecule has 0 atom stereocenters. The molecule has 2 rings (SSSR count). The smallest absolute Gasteiger partial charge is 0.339 e. The molecule has 0 amide bonds. The molecule has 6 nitrogen and oxygen atoms in total. The molecule has 0 unspecified atom stereocenters. The number of benzene rings is 2. The second-order valence-corrected chi connectivity index (χ2v) is 5.79. The summed E-state index contributed by atoms with van der Waals surface area (Å²) in [4.78, 5) is 9.67. The van der Waals surface area contributed by atoms with Crippen molar-refractivity contribution in [2.24, 2.45) is 0 Å². The predicted molar refractivity (Wildman–Crippen MR) is 72.0 cm³/mol. The number of nitrogens with zero attached hydrogens (tertiary/aromatic N) is 1. The Morgan fingerprint density at radius 2 is 1.82 bits per heavy atom. The Morgan fingerprint density at radius 1 is 1.14 bits per heavy atom. The van der Waals surface area contributed by atoms with E-state index in [2.05, 4.69) is 4.18 Å². The molecule has 0 N–H and O–H groups in total. The fourth-order valence-corrected chi connectivity index (χ4v) is 2.94. The Balaban J connectivity index is 2.45. The van der Waals surface area contributed by atoms with E-state index in [1.165, 1.54) is 13.0 Å². The summed E-state index contributed by atoms with van der Waals surface area (Å²) in [5.41, 5.74) is -0.509. The van der Waals surface area contributed by atoms with Gasteiger partial charge in [-0.15, -0.1) is 0 Å². The van der Waals surface area contributed by atoms with E-state index in [-0.39, 0.29) is 5.56 Å². The maximum absolute atomic E-state index is 13.1. The van der Waals surface area contributed by atoms with Gasteiger partial charge in [0, 0.05) is 17.7 Å². The summed E-state index contributed by atoms with van der Waals surface area (Å²) in [6.45, 7) is 1.25. The van der Waals surface area contributed by atoms with Crippen LogP contribution in [0.5, 0.6) is 5.75 Å². The van der Waals surface area contributed by atoms with Gasteiger partial charge in [0.25, 0.3) is 5.69 Å². The maximum Gasteiger partial charge on any atom is 0.339 e. The topological polar surface area (TPSA) is 86.5 Å². The zero-order valence-corrected chi connectivity index (χ0v) is 11.9. The predicted octanol–water partition coefficient (Wildman–Crippen LogP) is 2.95. The molecule has 0 aliphatic heterocycles. The van der Waals surface area contributed by atoms with Crippen molar-refractivity contribution in [3.05, 3.63) is 63.7 Å². The highest BCUT2D eigenvalue weighted by Crippen LogP contribution is 2.27. The van der Waals surface area contributed by atoms with E-state index in [1.807, 2.05) is 0 Å². The summed E-state index contributed by atoms with van der Waals surface area (Å²) in [7, 11) is -4.42. The van der Waals surface area contributed by atoms with Gasteiger partial charge in [-0.25, -0.2) is 8.78 Å². The summed E-state index contributed by atoms with van der Waals surface area (Å²) in [6, 6.07) is 5.67. The minimum Gasteiger partial charge on any atom is -0.379 e. The highest BCUT2D eigenvalue weighted by Gasteiger charge is 2.25. The minimum absolute atomic E-state index is 0.116. The van der Waals surface area contributed by atoms with Crippen LogP contribution in [0.25, 0.3) is 0 Å². The zero-order valence-electron chi connectivity index (χ0n) is 11.1. The molecule has 0 aliphatic rings. The van der Waals surface area contributed by atoms with Crippen LogP contribution in [0.15, 0.2) is 41.3 Å². The van der Waals surface area contributed by atoms with Crippen molar-refractivity contribution in [3.63, 3.8) is 0 Å². The van der Waals surface area contributed by atoms with E-state index in [0.717, 1.165) is 18.2 Å². The van der Waals surface area contributed by atoms with Gasteiger partial charge in [-0.3, -0.25) is 10.1 Å². The molecule has 22 heavy (non-hydrogen) atoms. The molecule has 0 fully saturated rings. The molecular formula is C13H9F2NO5S.